The van der Waals surface area contributed by atoms with Gasteiger partial charge in [0.25, 0.3) is 0 Å². The Labute approximate surface area is 555 Å². The van der Waals surface area contributed by atoms with Crippen molar-refractivity contribution in [2.45, 2.75) is 285 Å². The Hall–Kier alpha value is -4.33. The number of allylic oxidation sites excluding steroid dienone is 23. The summed E-state index contributed by atoms with van der Waals surface area (Å²) >= 11 is 0. The molecule has 3 heterocycles. The van der Waals surface area contributed by atoms with Gasteiger partial charge in [-0.3, -0.25) is 4.79 Å². The molecule has 3 saturated heterocycles. The molecule has 0 aliphatic carbocycles. The Bertz CT molecular complexity index is 2250. The average molecular weight is 1310 g/mol. The van der Waals surface area contributed by atoms with Gasteiger partial charge in [-0.15, -0.1) is 0 Å². The standard InChI is InChI=1S/C74H119NO18/c1-3-5-7-9-11-13-14-15-16-17-18-19-20-21-22-23-24-25-26-27-28-29-30-31-32-33-34-35-36-37-38-39-40-41-42-44-46-48-50-52-62(80)75-57(58(79)51-49-47-45-43-12-10-8-6-4-2)56-88-72-68(86)65(83)70(60(54-77)90-72)93-74-69(87)66(84)71(61(55-78)91-74)92-73-67(85)64(82)63(81)59(53-76)89-73/h5,7,11-13,15-16,18-19,21-22,24-25,27-28,30-31,33-34,36-37,43,49,51,57-61,63-74,76-79,81-87H,3-4,6,8-10,14,17,20,23,26,29,32,35,38-42,44-48,50,52-56H2,1-2H3,(H,75,80)/b7-5-,13-11-,16-15-,19-18-,22-21-,25-24-,28-27-,31-30-,34-33-,37-36-,43-12+,51-49+. The number of nitrogens with one attached hydrogen (secondary N) is 1. The van der Waals surface area contributed by atoms with Crippen molar-refractivity contribution >= 4 is 5.91 Å². The van der Waals surface area contributed by atoms with Gasteiger partial charge < -0.3 is 89.9 Å². The molecule has 528 valence electrons. The van der Waals surface area contributed by atoms with Gasteiger partial charge >= 0.3 is 0 Å². The van der Waals surface area contributed by atoms with Gasteiger partial charge in [0.15, 0.2) is 18.9 Å². The molecule has 3 aliphatic heterocycles. The van der Waals surface area contributed by atoms with Crippen LogP contribution in [0.25, 0.3) is 0 Å². The molecule has 0 saturated carbocycles. The van der Waals surface area contributed by atoms with Crippen molar-refractivity contribution in [1.29, 1.82) is 0 Å². The molecule has 0 spiro atoms. The lowest BCUT2D eigenvalue weighted by molar-refractivity contribution is -0.379. The number of hydrogen-bond acceptors (Lipinski definition) is 18. The van der Waals surface area contributed by atoms with Crippen LogP contribution in [0.1, 0.15) is 181 Å². The van der Waals surface area contributed by atoms with E-state index in [1.165, 1.54) is 12.8 Å². The van der Waals surface area contributed by atoms with E-state index in [1.807, 2.05) is 6.08 Å². The van der Waals surface area contributed by atoms with E-state index in [2.05, 4.69) is 153 Å². The van der Waals surface area contributed by atoms with Crippen LogP contribution in [0.2, 0.25) is 0 Å². The van der Waals surface area contributed by atoms with Crippen LogP contribution in [-0.4, -0.2) is 193 Å². The normalized spacial score (nSPS) is 28.5. The molecule has 17 unspecified atom stereocenters. The van der Waals surface area contributed by atoms with E-state index in [-0.39, 0.29) is 18.9 Å². The Balaban J connectivity index is 1.32. The summed E-state index contributed by atoms with van der Waals surface area (Å²) in [6, 6.07) is -1.00. The molecule has 0 aromatic heterocycles. The largest absolute Gasteiger partial charge is 0.394 e. The first kappa shape index (κ1) is 82.9. The van der Waals surface area contributed by atoms with Crippen molar-refractivity contribution in [3.05, 3.63) is 146 Å². The van der Waals surface area contributed by atoms with E-state index in [0.29, 0.717) is 12.8 Å². The van der Waals surface area contributed by atoms with Crippen LogP contribution in [0.5, 0.6) is 0 Å². The van der Waals surface area contributed by atoms with Gasteiger partial charge in [0.2, 0.25) is 5.91 Å². The maximum atomic E-state index is 13.3. The molecule has 19 heteroatoms. The van der Waals surface area contributed by atoms with Gasteiger partial charge in [-0.1, -0.05) is 211 Å². The summed E-state index contributed by atoms with van der Waals surface area (Å²) < 4.78 is 34.2. The van der Waals surface area contributed by atoms with Crippen LogP contribution in [0, 0.1) is 0 Å². The summed E-state index contributed by atoms with van der Waals surface area (Å²) in [5.74, 6) is -0.305. The molecule has 3 rings (SSSR count). The molecule has 0 aromatic rings. The molecule has 0 radical (unpaired) electrons. The molecular formula is C74H119NO18. The highest BCUT2D eigenvalue weighted by Crippen LogP contribution is 2.33. The molecule has 93 heavy (non-hydrogen) atoms. The van der Waals surface area contributed by atoms with Gasteiger partial charge in [0.05, 0.1) is 38.6 Å². The smallest absolute Gasteiger partial charge is 0.220 e. The summed E-state index contributed by atoms with van der Waals surface area (Å²) in [6.45, 7) is 1.49. The van der Waals surface area contributed by atoms with Crippen molar-refractivity contribution < 1.29 is 89.4 Å². The number of rotatable bonds is 50. The van der Waals surface area contributed by atoms with Gasteiger partial charge in [0.1, 0.15) is 73.2 Å². The number of hydrogen-bond donors (Lipinski definition) is 12. The van der Waals surface area contributed by atoms with Crippen molar-refractivity contribution in [1.82, 2.24) is 5.32 Å². The van der Waals surface area contributed by atoms with E-state index in [1.54, 1.807) is 6.08 Å². The number of amides is 1. The molecule has 0 bridgehead atoms. The van der Waals surface area contributed by atoms with Crippen LogP contribution in [0.3, 0.4) is 0 Å². The lowest BCUT2D eigenvalue weighted by Crippen LogP contribution is -2.66. The first-order chi connectivity index (χ1) is 45.3. The Morgan fingerprint density at radius 2 is 0.753 bits per heavy atom. The third-order valence-electron chi connectivity index (χ3n) is 16.1. The molecule has 1 amide bonds. The lowest BCUT2D eigenvalue weighted by Gasteiger charge is -2.48. The number of carbonyl (C=O) groups excluding carboxylic acids is 1. The maximum Gasteiger partial charge on any atom is 0.220 e. The first-order valence-electron chi connectivity index (χ1n) is 34.6. The molecule has 12 N–H and O–H groups in total. The van der Waals surface area contributed by atoms with E-state index in [4.69, 9.17) is 28.4 Å². The third kappa shape index (κ3) is 35.5. The summed E-state index contributed by atoms with van der Waals surface area (Å²) in [5.41, 5.74) is 0. The minimum atomic E-state index is -1.99. The summed E-state index contributed by atoms with van der Waals surface area (Å²) in [6.07, 6.45) is 50.1. The van der Waals surface area contributed by atoms with Gasteiger partial charge in [-0.2, -0.15) is 0 Å². The third-order valence-corrected chi connectivity index (χ3v) is 16.1. The molecule has 3 fully saturated rings. The zero-order valence-corrected chi connectivity index (χ0v) is 55.7. The lowest BCUT2D eigenvalue weighted by atomic mass is 9.96. The van der Waals surface area contributed by atoms with Crippen molar-refractivity contribution in [3.8, 4) is 0 Å². The van der Waals surface area contributed by atoms with Crippen molar-refractivity contribution in [2.75, 3.05) is 26.4 Å². The monoisotopic (exact) mass is 1310 g/mol. The van der Waals surface area contributed by atoms with E-state index >= 15 is 0 Å². The highest BCUT2D eigenvalue weighted by molar-refractivity contribution is 5.76. The first-order valence-corrected chi connectivity index (χ1v) is 34.6. The zero-order valence-electron chi connectivity index (χ0n) is 55.7. The Morgan fingerprint density at radius 3 is 1.20 bits per heavy atom. The molecule has 3 aliphatic rings. The average Bonchev–Trinajstić information content (AvgIpc) is 0.828. The number of aliphatic hydroxyl groups excluding tert-OH is 11. The quantitative estimate of drug-likeness (QED) is 0.0199. The molecular weight excluding hydrogens is 1190 g/mol. The Morgan fingerprint density at radius 1 is 0.398 bits per heavy atom. The number of unbranched alkanes of at least 4 members (excludes halogenated alkanes) is 12. The second-order valence-electron chi connectivity index (χ2n) is 23.9. The van der Waals surface area contributed by atoms with Gasteiger partial charge in [-0.25, -0.2) is 0 Å². The van der Waals surface area contributed by atoms with E-state index in [9.17, 15) is 61.0 Å². The van der Waals surface area contributed by atoms with Gasteiger partial charge in [-0.05, 0) is 109 Å². The van der Waals surface area contributed by atoms with Crippen molar-refractivity contribution in [3.63, 3.8) is 0 Å². The minimum absolute atomic E-state index is 0.215. The zero-order chi connectivity index (χ0) is 67.5. The van der Waals surface area contributed by atoms with E-state index < -0.39 is 124 Å². The fourth-order valence-electron chi connectivity index (χ4n) is 10.5. The highest BCUT2D eigenvalue weighted by Gasteiger charge is 2.53. The predicted molar refractivity (Wildman–Crippen MR) is 364 cm³/mol. The van der Waals surface area contributed by atoms with Crippen molar-refractivity contribution in [2.24, 2.45) is 0 Å². The van der Waals surface area contributed by atoms with Crippen LogP contribution >= 0.6 is 0 Å². The van der Waals surface area contributed by atoms with Crippen LogP contribution in [-0.2, 0) is 33.2 Å². The fourth-order valence-corrected chi connectivity index (χ4v) is 10.5. The highest BCUT2D eigenvalue weighted by atomic mass is 16.8. The summed E-state index contributed by atoms with van der Waals surface area (Å²) in [5, 5.41) is 120. The predicted octanol–water partition coefficient (Wildman–Crippen LogP) is 9.15. The fraction of sp³-hybridized carbons (Fsp3) is 0.662. The Kier molecular flexibility index (Phi) is 47.9. The van der Waals surface area contributed by atoms with Crippen LogP contribution in [0.15, 0.2) is 146 Å². The minimum Gasteiger partial charge on any atom is -0.394 e. The molecule has 0 aromatic carbocycles. The van der Waals surface area contributed by atoms with E-state index in [0.717, 1.165) is 135 Å². The number of carbonyl (C=O) groups is 1. The second-order valence-corrected chi connectivity index (χ2v) is 23.9. The topological polar surface area (TPSA) is 307 Å². The number of aliphatic hydroxyl groups is 11. The number of ether oxygens (including phenoxy) is 6. The van der Waals surface area contributed by atoms with Crippen LogP contribution in [0.4, 0.5) is 0 Å². The van der Waals surface area contributed by atoms with Gasteiger partial charge in [0, 0.05) is 6.42 Å². The van der Waals surface area contributed by atoms with Crippen LogP contribution < -0.4 is 5.32 Å². The molecule has 17 atom stereocenters. The summed E-state index contributed by atoms with van der Waals surface area (Å²) in [7, 11) is 0. The summed E-state index contributed by atoms with van der Waals surface area (Å²) in [4.78, 5) is 13.3. The maximum absolute atomic E-state index is 13.3. The second kappa shape index (κ2) is 53.8. The SMILES string of the molecule is CC/C=C\C/C=C\C/C=C\C/C=C\C/C=C\C/C=C\C/C=C\C/C=C\C/C=C\C/C=C\CCCCCCCCCCC(=O)NC(COC1OC(CO)C(OC2OC(CO)C(OC3OC(CO)C(O)C(O)C3O)C(O)C2O)C(O)C1O)C(O)/C=C/CC/C=C/CCCCC. The molecule has 19 nitrogen and oxygen atoms in total.